The smallest absolute Gasteiger partial charge is 0.193 e. The van der Waals surface area contributed by atoms with Gasteiger partial charge in [-0.1, -0.05) is 34.6 Å². The third-order valence-corrected chi connectivity index (χ3v) is 3.22. The Morgan fingerprint density at radius 3 is 2.93 bits per heavy atom. The standard InChI is InChI=1S/C11H9BrO2S/c1-2-15-11-6-9(13)8-5-7(12)3-4-10(8)14-11/h3-6H,2H2,1H3. The zero-order chi connectivity index (χ0) is 10.8. The molecule has 0 aliphatic heterocycles. The van der Waals surface area contributed by atoms with Gasteiger partial charge in [0.15, 0.2) is 10.5 Å². The van der Waals surface area contributed by atoms with E-state index in [9.17, 15) is 4.79 Å². The number of hydrogen-bond acceptors (Lipinski definition) is 3. The van der Waals surface area contributed by atoms with E-state index < -0.39 is 0 Å². The van der Waals surface area contributed by atoms with Gasteiger partial charge in [0.25, 0.3) is 0 Å². The van der Waals surface area contributed by atoms with E-state index in [1.807, 2.05) is 13.0 Å². The molecular weight excluding hydrogens is 276 g/mol. The Morgan fingerprint density at radius 2 is 2.20 bits per heavy atom. The van der Waals surface area contributed by atoms with Crippen LogP contribution < -0.4 is 5.43 Å². The van der Waals surface area contributed by atoms with Crippen LogP contribution in [0, 0.1) is 0 Å². The SMILES string of the molecule is CCSc1cc(=O)c2cc(Br)ccc2o1. The fourth-order valence-corrected chi connectivity index (χ4v) is 2.30. The van der Waals surface area contributed by atoms with Crippen molar-refractivity contribution < 1.29 is 4.42 Å². The Balaban J connectivity index is 2.67. The van der Waals surface area contributed by atoms with Crippen molar-refractivity contribution in [3.8, 4) is 0 Å². The van der Waals surface area contributed by atoms with Crippen molar-refractivity contribution >= 4 is 38.7 Å². The molecular formula is C11H9BrO2S. The maximum atomic E-state index is 11.7. The van der Waals surface area contributed by atoms with Crippen LogP contribution in [-0.2, 0) is 0 Å². The molecule has 1 aromatic carbocycles. The summed E-state index contributed by atoms with van der Waals surface area (Å²) in [7, 11) is 0. The number of thioether (sulfide) groups is 1. The number of hydrogen-bond donors (Lipinski definition) is 0. The van der Waals surface area contributed by atoms with Crippen LogP contribution in [0.4, 0.5) is 0 Å². The fourth-order valence-electron chi connectivity index (χ4n) is 1.32. The third kappa shape index (κ3) is 2.26. The molecule has 0 amide bonds. The van der Waals surface area contributed by atoms with E-state index in [1.165, 1.54) is 11.8 Å². The summed E-state index contributed by atoms with van der Waals surface area (Å²) < 4.78 is 6.47. The minimum absolute atomic E-state index is 0.00787. The van der Waals surface area contributed by atoms with Gasteiger partial charge in [0.2, 0.25) is 0 Å². The lowest BCUT2D eigenvalue weighted by Crippen LogP contribution is -1.99. The van der Waals surface area contributed by atoms with Gasteiger partial charge in [0, 0.05) is 10.5 Å². The van der Waals surface area contributed by atoms with Gasteiger partial charge in [-0.25, -0.2) is 0 Å². The van der Waals surface area contributed by atoms with Crippen LogP contribution in [0.5, 0.6) is 0 Å². The van der Waals surface area contributed by atoms with Crippen LogP contribution in [0.1, 0.15) is 6.92 Å². The highest BCUT2D eigenvalue weighted by molar-refractivity contribution is 9.10. The number of fused-ring (bicyclic) bond motifs is 1. The molecule has 0 radical (unpaired) electrons. The Kier molecular flexibility index (Phi) is 3.17. The zero-order valence-electron chi connectivity index (χ0n) is 8.12. The summed E-state index contributed by atoms with van der Waals surface area (Å²) in [6, 6.07) is 7.00. The first kappa shape index (κ1) is 10.8. The molecule has 2 aromatic rings. The van der Waals surface area contributed by atoms with Crippen molar-refractivity contribution in [1.82, 2.24) is 0 Å². The molecule has 0 N–H and O–H groups in total. The summed E-state index contributed by atoms with van der Waals surface area (Å²) in [5, 5.41) is 1.29. The molecule has 0 spiro atoms. The van der Waals surface area contributed by atoms with E-state index in [4.69, 9.17) is 4.42 Å². The Labute approximate surface area is 99.8 Å². The predicted octanol–water partition coefficient (Wildman–Crippen LogP) is 3.67. The summed E-state index contributed by atoms with van der Waals surface area (Å²) in [5.41, 5.74) is 0.648. The van der Waals surface area contributed by atoms with Gasteiger partial charge in [-0.15, -0.1) is 0 Å². The molecule has 1 aromatic heterocycles. The summed E-state index contributed by atoms with van der Waals surface area (Å²) >= 11 is 4.86. The Hall–Kier alpha value is -0.740. The zero-order valence-corrected chi connectivity index (χ0v) is 10.5. The van der Waals surface area contributed by atoms with Crippen molar-refractivity contribution in [2.75, 3.05) is 5.75 Å². The second-order valence-electron chi connectivity index (χ2n) is 3.00. The fraction of sp³-hybridized carbons (Fsp3) is 0.182. The Bertz CT molecular complexity index is 548. The lowest BCUT2D eigenvalue weighted by molar-refractivity contribution is 0.500. The summed E-state index contributed by atoms with van der Waals surface area (Å²) in [6.07, 6.45) is 0. The van der Waals surface area contributed by atoms with E-state index >= 15 is 0 Å². The summed E-state index contributed by atoms with van der Waals surface area (Å²) in [4.78, 5) is 11.7. The minimum Gasteiger partial charge on any atom is -0.450 e. The van der Waals surface area contributed by atoms with Gasteiger partial charge in [0.05, 0.1) is 5.39 Å². The lowest BCUT2D eigenvalue weighted by Gasteiger charge is -2.00. The van der Waals surface area contributed by atoms with E-state index in [1.54, 1.807) is 18.2 Å². The van der Waals surface area contributed by atoms with Crippen LogP contribution in [0.2, 0.25) is 0 Å². The first-order valence-electron chi connectivity index (χ1n) is 4.57. The maximum absolute atomic E-state index is 11.7. The molecule has 0 aliphatic carbocycles. The topological polar surface area (TPSA) is 30.2 Å². The van der Waals surface area contributed by atoms with Crippen LogP contribution >= 0.6 is 27.7 Å². The Morgan fingerprint density at radius 1 is 1.40 bits per heavy atom. The lowest BCUT2D eigenvalue weighted by atomic mass is 10.2. The second kappa shape index (κ2) is 4.41. The van der Waals surface area contributed by atoms with Crippen molar-refractivity contribution in [2.45, 2.75) is 12.0 Å². The molecule has 2 rings (SSSR count). The summed E-state index contributed by atoms with van der Waals surface area (Å²) in [6.45, 7) is 2.02. The first-order valence-corrected chi connectivity index (χ1v) is 6.35. The number of benzene rings is 1. The largest absolute Gasteiger partial charge is 0.450 e. The van der Waals surface area contributed by atoms with Gasteiger partial charge >= 0.3 is 0 Å². The molecule has 1 heterocycles. The van der Waals surface area contributed by atoms with Crippen molar-refractivity contribution in [3.63, 3.8) is 0 Å². The highest BCUT2D eigenvalue weighted by atomic mass is 79.9. The molecule has 78 valence electrons. The minimum atomic E-state index is 0.00787. The maximum Gasteiger partial charge on any atom is 0.193 e. The molecule has 0 aliphatic rings. The van der Waals surface area contributed by atoms with Crippen molar-refractivity contribution in [3.05, 3.63) is 39.0 Å². The van der Waals surface area contributed by atoms with Crippen molar-refractivity contribution in [2.24, 2.45) is 0 Å². The van der Waals surface area contributed by atoms with Gasteiger partial charge in [-0.05, 0) is 24.0 Å². The molecule has 0 bridgehead atoms. The average Bonchev–Trinajstić information content (AvgIpc) is 2.20. The van der Waals surface area contributed by atoms with Gasteiger partial charge in [-0.2, -0.15) is 0 Å². The van der Waals surface area contributed by atoms with Crippen LogP contribution in [0.25, 0.3) is 11.0 Å². The van der Waals surface area contributed by atoms with Crippen LogP contribution in [-0.4, -0.2) is 5.75 Å². The molecule has 0 fully saturated rings. The van der Waals surface area contributed by atoms with Gasteiger partial charge in [0.1, 0.15) is 5.58 Å². The third-order valence-electron chi connectivity index (χ3n) is 1.95. The molecule has 2 nitrogen and oxygen atoms in total. The molecule has 0 unspecified atom stereocenters. The van der Waals surface area contributed by atoms with E-state index in [0.29, 0.717) is 16.1 Å². The molecule has 0 saturated carbocycles. The quantitative estimate of drug-likeness (QED) is 0.789. The van der Waals surface area contributed by atoms with Crippen molar-refractivity contribution in [1.29, 1.82) is 0 Å². The molecule has 4 heteroatoms. The van der Waals surface area contributed by atoms with E-state index in [-0.39, 0.29) is 5.43 Å². The van der Waals surface area contributed by atoms with Crippen LogP contribution in [0.15, 0.2) is 43.0 Å². The van der Waals surface area contributed by atoms with Crippen LogP contribution in [0.3, 0.4) is 0 Å². The molecule has 0 atom stereocenters. The summed E-state index contributed by atoms with van der Waals surface area (Å²) in [5.74, 6) is 0.894. The first-order chi connectivity index (χ1) is 7.20. The molecule has 15 heavy (non-hydrogen) atoms. The highest BCUT2D eigenvalue weighted by Crippen LogP contribution is 2.22. The van der Waals surface area contributed by atoms with Gasteiger partial charge in [-0.3, -0.25) is 4.79 Å². The normalized spacial score (nSPS) is 10.8. The number of halogens is 1. The monoisotopic (exact) mass is 284 g/mol. The highest BCUT2D eigenvalue weighted by Gasteiger charge is 2.04. The van der Waals surface area contributed by atoms with E-state index in [2.05, 4.69) is 15.9 Å². The van der Waals surface area contributed by atoms with E-state index in [0.717, 1.165) is 10.2 Å². The predicted molar refractivity (Wildman–Crippen MR) is 66.6 cm³/mol. The molecule has 0 saturated heterocycles. The van der Waals surface area contributed by atoms with Gasteiger partial charge < -0.3 is 4.42 Å². The second-order valence-corrected chi connectivity index (χ2v) is 5.19. The number of rotatable bonds is 2. The average molecular weight is 285 g/mol.